The normalized spacial score (nSPS) is 20.0. The zero-order valence-corrected chi connectivity index (χ0v) is 13.9. The Morgan fingerprint density at radius 2 is 2.27 bits per heavy atom. The van der Waals surface area contributed by atoms with Crippen molar-refractivity contribution >= 4 is 6.09 Å². The van der Waals surface area contributed by atoms with Crippen LogP contribution in [0.25, 0.3) is 0 Å². The molecule has 1 unspecified atom stereocenters. The molecule has 1 N–H and O–H groups in total. The lowest BCUT2D eigenvalue weighted by Crippen LogP contribution is -2.45. The molecule has 0 bridgehead atoms. The summed E-state index contributed by atoms with van der Waals surface area (Å²) in [6.45, 7) is 8.13. The Balaban J connectivity index is 2.01. The second-order valence-corrected chi connectivity index (χ2v) is 6.96. The van der Waals surface area contributed by atoms with Gasteiger partial charge in [-0.1, -0.05) is 0 Å². The number of hydrogen-bond donors (Lipinski definition) is 1. The highest BCUT2D eigenvalue weighted by atomic mass is 16.6. The van der Waals surface area contributed by atoms with Gasteiger partial charge in [0.05, 0.1) is 12.1 Å². The third-order valence-corrected chi connectivity index (χ3v) is 3.78. The first-order valence-electron chi connectivity index (χ1n) is 7.85. The molecule has 0 radical (unpaired) electrons. The van der Waals surface area contributed by atoms with Crippen molar-refractivity contribution < 1.29 is 14.6 Å². The summed E-state index contributed by atoms with van der Waals surface area (Å²) < 4.78 is 5.44. The molecule has 0 aliphatic carbocycles. The monoisotopic (exact) mass is 306 g/mol. The quantitative estimate of drug-likeness (QED) is 0.932. The highest BCUT2D eigenvalue weighted by Gasteiger charge is 2.36. The molecule has 1 fully saturated rings. The first kappa shape index (κ1) is 16.7. The standard InChI is InChI=1S/C17H26N2O3/c1-12-10-13(7-8-18-12)11-15(20)14-6-5-9-19(14)16(21)22-17(2,3)4/h7-8,10,14-15,20H,5-6,9,11H2,1-4H3/t14-,15?/m0/s1. The fourth-order valence-electron chi connectivity index (χ4n) is 2.85. The molecule has 0 aromatic carbocycles. The van der Waals surface area contributed by atoms with Crippen molar-refractivity contribution in [3.63, 3.8) is 0 Å². The van der Waals surface area contributed by atoms with Crippen molar-refractivity contribution in [2.75, 3.05) is 6.54 Å². The van der Waals surface area contributed by atoms with Gasteiger partial charge < -0.3 is 14.7 Å². The number of carbonyl (C=O) groups excluding carboxylic acids is 1. The average molecular weight is 306 g/mol. The van der Waals surface area contributed by atoms with Crippen LogP contribution in [0.5, 0.6) is 0 Å². The summed E-state index contributed by atoms with van der Waals surface area (Å²) in [5.74, 6) is 0. The molecule has 2 atom stereocenters. The number of aromatic nitrogens is 1. The van der Waals surface area contributed by atoms with Crippen LogP contribution in [0.2, 0.25) is 0 Å². The average Bonchev–Trinajstić information content (AvgIpc) is 2.85. The van der Waals surface area contributed by atoms with Crippen LogP contribution < -0.4 is 0 Å². The number of aliphatic hydroxyl groups is 1. The fraction of sp³-hybridized carbons (Fsp3) is 0.647. The molecule has 1 amide bonds. The lowest BCUT2D eigenvalue weighted by Gasteiger charge is -2.31. The van der Waals surface area contributed by atoms with Gasteiger partial charge in [0.2, 0.25) is 0 Å². The summed E-state index contributed by atoms with van der Waals surface area (Å²) in [5.41, 5.74) is 1.45. The van der Waals surface area contributed by atoms with Gasteiger partial charge in [0.15, 0.2) is 0 Å². The number of aliphatic hydroxyl groups excluding tert-OH is 1. The topological polar surface area (TPSA) is 62.7 Å². The Morgan fingerprint density at radius 3 is 2.91 bits per heavy atom. The van der Waals surface area contributed by atoms with Gasteiger partial charge >= 0.3 is 6.09 Å². The smallest absolute Gasteiger partial charge is 0.410 e. The second-order valence-electron chi connectivity index (χ2n) is 6.96. The number of pyridine rings is 1. The molecular weight excluding hydrogens is 280 g/mol. The summed E-state index contributed by atoms with van der Waals surface area (Å²) >= 11 is 0. The van der Waals surface area contributed by atoms with Gasteiger partial charge in [-0.3, -0.25) is 4.98 Å². The Labute approximate surface area is 132 Å². The maximum absolute atomic E-state index is 12.3. The van der Waals surface area contributed by atoms with Crippen LogP contribution >= 0.6 is 0 Å². The lowest BCUT2D eigenvalue weighted by atomic mass is 10.0. The summed E-state index contributed by atoms with van der Waals surface area (Å²) in [6, 6.07) is 3.70. The summed E-state index contributed by atoms with van der Waals surface area (Å²) in [7, 11) is 0. The van der Waals surface area contributed by atoms with Gasteiger partial charge in [-0.05, 0) is 58.2 Å². The number of aryl methyl sites for hydroxylation is 1. The second kappa shape index (κ2) is 6.65. The number of nitrogens with zero attached hydrogens (tertiary/aromatic N) is 2. The van der Waals surface area contributed by atoms with E-state index in [1.165, 1.54) is 0 Å². The van der Waals surface area contributed by atoms with Crippen molar-refractivity contribution in [3.8, 4) is 0 Å². The van der Waals surface area contributed by atoms with E-state index in [2.05, 4.69) is 4.98 Å². The first-order valence-corrected chi connectivity index (χ1v) is 7.85. The molecule has 1 saturated heterocycles. The number of likely N-dealkylation sites (tertiary alicyclic amines) is 1. The molecule has 22 heavy (non-hydrogen) atoms. The van der Waals surface area contributed by atoms with Crippen LogP contribution in [0.3, 0.4) is 0 Å². The van der Waals surface area contributed by atoms with Crippen LogP contribution in [-0.4, -0.2) is 45.4 Å². The maximum atomic E-state index is 12.3. The Hall–Kier alpha value is -1.62. The molecule has 1 aliphatic heterocycles. The van der Waals surface area contributed by atoms with E-state index in [0.717, 1.165) is 24.1 Å². The van der Waals surface area contributed by atoms with E-state index in [9.17, 15) is 9.90 Å². The molecule has 0 spiro atoms. The van der Waals surface area contributed by atoms with Crippen LogP contribution in [0.15, 0.2) is 18.3 Å². The number of hydrogen-bond acceptors (Lipinski definition) is 4. The Morgan fingerprint density at radius 1 is 1.55 bits per heavy atom. The fourth-order valence-corrected chi connectivity index (χ4v) is 2.85. The highest BCUT2D eigenvalue weighted by molar-refractivity contribution is 5.69. The van der Waals surface area contributed by atoms with Crippen molar-refractivity contribution in [1.29, 1.82) is 0 Å². The van der Waals surface area contributed by atoms with E-state index in [1.807, 2.05) is 39.8 Å². The van der Waals surface area contributed by atoms with E-state index >= 15 is 0 Å². The van der Waals surface area contributed by atoms with Gasteiger partial charge in [0.25, 0.3) is 0 Å². The molecule has 2 rings (SSSR count). The van der Waals surface area contributed by atoms with E-state index in [0.29, 0.717) is 13.0 Å². The zero-order chi connectivity index (χ0) is 16.3. The number of carbonyl (C=O) groups is 1. The van der Waals surface area contributed by atoms with E-state index in [4.69, 9.17) is 4.74 Å². The van der Waals surface area contributed by atoms with Crippen molar-refractivity contribution in [3.05, 3.63) is 29.6 Å². The van der Waals surface area contributed by atoms with Crippen molar-refractivity contribution in [1.82, 2.24) is 9.88 Å². The van der Waals surface area contributed by atoms with Crippen molar-refractivity contribution in [2.24, 2.45) is 0 Å². The Bertz CT molecular complexity index is 525. The molecule has 2 heterocycles. The third kappa shape index (κ3) is 4.44. The summed E-state index contributed by atoms with van der Waals surface area (Å²) in [5, 5.41) is 10.5. The first-order chi connectivity index (χ1) is 10.3. The SMILES string of the molecule is Cc1cc(CC(O)[C@@H]2CCCN2C(=O)OC(C)(C)C)ccn1. The van der Waals surface area contributed by atoms with Crippen LogP contribution in [0, 0.1) is 6.92 Å². The Kier molecular flexibility index (Phi) is 5.06. The summed E-state index contributed by atoms with van der Waals surface area (Å²) in [6.07, 6.45) is 3.06. The molecule has 1 aliphatic rings. The van der Waals surface area contributed by atoms with E-state index < -0.39 is 11.7 Å². The molecule has 122 valence electrons. The molecule has 5 heteroatoms. The predicted molar refractivity (Wildman–Crippen MR) is 84.6 cm³/mol. The van der Waals surface area contributed by atoms with Gasteiger partial charge in [-0.15, -0.1) is 0 Å². The number of ether oxygens (including phenoxy) is 1. The van der Waals surface area contributed by atoms with E-state index in [1.54, 1.807) is 11.1 Å². The maximum Gasteiger partial charge on any atom is 0.410 e. The molecule has 1 aromatic heterocycles. The minimum absolute atomic E-state index is 0.177. The molecule has 0 saturated carbocycles. The highest BCUT2D eigenvalue weighted by Crippen LogP contribution is 2.24. The van der Waals surface area contributed by atoms with E-state index in [-0.39, 0.29) is 12.1 Å². The van der Waals surface area contributed by atoms with Crippen molar-refractivity contribution in [2.45, 2.75) is 64.7 Å². The molecule has 1 aromatic rings. The number of amides is 1. The number of rotatable bonds is 3. The molecule has 5 nitrogen and oxygen atoms in total. The summed E-state index contributed by atoms with van der Waals surface area (Å²) in [4.78, 5) is 18.1. The van der Waals surface area contributed by atoms with Gasteiger partial charge in [-0.2, -0.15) is 0 Å². The lowest BCUT2D eigenvalue weighted by molar-refractivity contribution is 0.00535. The predicted octanol–water partition coefficient (Wildman–Crippen LogP) is 2.69. The minimum Gasteiger partial charge on any atom is -0.444 e. The zero-order valence-electron chi connectivity index (χ0n) is 13.9. The largest absolute Gasteiger partial charge is 0.444 e. The minimum atomic E-state index is -0.586. The van der Waals surface area contributed by atoms with Gasteiger partial charge in [0.1, 0.15) is 5.60 Å². The van der Waals surface area contributed by atoms with Gasteiger partial charge in [0, 0.05) is 24.9 Å². The molecular formula is C17H26N2O3. The van der Waals surface area contributed by atoms with Crippen LogP contribution in [0.1, 0.15) is 44.9 Å². The van der Waals surface area contributed by atoms with Gasteiger partial charge in [-0.25, -0.2) is 4.79 Å². The van der Waals surface area contributed by atoms with Crippen LogP contribution in [-0.2, 0) is 11.2 Å². The third-order valence-electron chi connectivity index (χ3n) is 3.78. The van der Waals surface area contributed by atoms with Crippen LogP contribution in [0.4, 0.5) is 4.79 Å².